The molecule has 0 aliphatic heterocycles. The Kier molecular flexibility index (Phi) is 5.53. The summed E-state index contributed by atoms with van der Waals surface area (Å²) in [4.78, 5) is 38.0. The van der Waals surface area contributed by atoms with Gasteiger partial charge in [-0.25, -0.2) is 0 Å². The van der Waals surface area contributed by atoms with E-state index < -0.39 is 11.8 Å². The smallest absolute Gasteiger partial charge is 0.269 e. The van der Waals surface area contributed by atoms with E-state index in [4.69, 9.17) is 0 Å². The molecule has 0 aliphatic rings. The number of benzene rings is 3. The van der Waals surface area contributed by atoms with Crippen molar-refractivity contribution in [2.45, 2.75) is 32.7 Å². The highest BCUT2D eigenvalue weighted by molar-refractivity contribution is 5.97. The van der Waals surface area contributed by atoms with Crippen LogP contribution in [-0.4, -0.2) is 16.4 Å². The van der Waals surface area contributed by atoms with Crippen LogP contribution in [0.2, 0.25) is 0 Å². The number of fused-ring (bicyclic) bond motifs is 2. The molecule has 1 aromatic heterocycles. The van der Waals surface area contributed by atoms with Gasteiger partial charge in [0.15, 0.2) is 5.43 Å². The average Bonchev–Trinajstić information content (AvgIpc) is 2.79. The molecule has 0 atom stereocenters. The first-order valence-electron chi connectivity index (χ1n) is 10.5. The number of nitrogens with zero attached hydrogens (tertiary/aromatic N) is 1. The van der Waals surface area contributed by atoms with Crippen LogP contribution in [0.15, 0.2) is 77.6 Å². The summed E-state index contributed by atoms with van der Waals surface area (Å²) in [5, 5.41) is 1.09. The summed E-state index contributed by atoms with van der Waals surface area (Å²) in [6.07, 6.45) is 0. The van der Waals surface area contributed by atoms with E-state index in [0.717, 1.165) is 5.56 Å². The van der Waals surface area contributed by atoms with Crippen LogP contribution < -0.4 is 16.3 Å². The highest BCUT2D eigenvalue weighted by Crippen LogP contribution is 2.22. The number of carbonyl (C=O) groups excluding carboxylic acids is 2. The fourth-order valence-corrected chi connectivity index (χ4v) is 3.75. The van der Waals surface area contributed by atoms with Crippen molar-refractivity contribution >= 4 is 33.6 Å². The summed E-state index contributed by atoms with van der Waals surface area (Å²) >= 11 is 0. The van der Waals surface area contributed by atoms with E-state index in [1.165, 1.54) is 0 Å². The minimum absolute atomic E-state index is 0.00830. The lowest BCUT2D eigenvalue weighted by Gasteiger charge is -2.19. The van der Waals surface area contributed by atoms with Crippen molar-refractivity contribution in [2.24, 2.45) is 0 Å². The molecule has 0 spiro atoms. The third-order valence-electron chi connectivity index (χ3n) is 5.51. The van der Waals surface area contributed by atoms with Crippen molar-refractivity contribution in [1.82, 2.24) is 15.4 Å². The fourth-order valence-electron chi connectivity index (χ4n) is 3.75. The Bertz CT molecular complexity index is 1320. The first kappa shape index (κ1) is 21.3. The van der Waals surface area contributed by atoms with Gasteiger partial charge in [-0.1, -0.05) is 57.2 Å². The molecule has 0 bridgehead atoms. The number of carbonyl (C=O) groups is 2. The molecule has 162 valence electrons. The molecule has 2 N–H and O–H groups in total. The van der Waals surface area contributed by atoms with Crippen LogP contribution in [-0.2, 0) is 16.8 Å². The van der Waals surface area contributed by atoms with Crippen molar-refractivity contribution < 1.29 is 9.59 Å². The van der Waals surface area contributed by atoms with E-state index in [2.05, 4.69) is 31.6 Å². The molecular formula is C26H25N3O3. The van der Waals surface area contributed by atoms with Gasteiger partial charge in [-0.05, 0) is 47.4 Å². The van der Waals surface area contributed by atoms with Gasteiger partial charge >= 0.3 is 0 Å². The largest absolute Gasteiger partial charge is 0.331 e. The first-order valence-corrected chi connectivity index (χ1v) is 10.5. The van der Waals surface area contributed by atoms with Gasteiger partial charge in [0.1, 0.15) is 6.54 Å². The molecule has 0 radical (unpaired) electrons. The predicted octanol–water partition coefficient (Wildman–Crippen LogP) is 3.91. The topological polar surface area (TPSA) is 80.2 Å². The van der Waals surface area contributed by atoms with Gasteiger partial charge in [0, 0.05) is 16.3 Å². The molecule has 0 saturated carbocycles. The molecule has 2 amide bonds. The lowest BCUT2D eigenvalue weighted by Crippen LogP contribution is -2.43. The molecule has 4 aromatic rings. The number of amides is 2. The Morgan fingerprint density at radius 2 is 1.31 bits per heavy atom. The molecule has 3 aromatic carbocycles. The molecule has 0 fully saturated rings. The number of hydrazine groups is 1. The molecule has 0 saturated heterocycles. The second-order valence-electron chi connectivity index (χ2n) is 8.78. The van der Waals surface area contributed by atoms with Gasteiger partial charge in [0.25, 0.3) is 11.8 Å². The average molecular weight is 428 g/mol. The molecule has 4 rings (SSSR count). The zero-order valence-corrected chi connectivity index (χ0v) is 18.3. The minimum Gasteiger partial charge on any atom is -0.331 e. The van der Waals surface area contributed by atoms with Crippen molar-refractivity contribution in [3.05, 3.63) is 94.1 Å². The van der Waals surface area contributed by atoms with Crippen molar-refractivity contribution in [2.75, 3.05) is 0 Å². The van der Waals surface area contributed by atoms with Crippen LogP contribution in [0.25, 0.3) is 21.8 Å². The summed E-state index contributed by atoms with van der Waals surface area (Å²) in [5.41, 5.74) is 7.78. The SMILES string of the molecule is CC(C)(C)c1ccc(C(=O)NNC(=O)Cn2c3ccccc3c(=O)c3ccccc32)cc1. The van der Waals surface area contributed by atoms with E-state index in [1.54, 1.807) is 41.0 Å². The predicted molar refractivity (Wildman–Crippen MR) is 126 cm³/mol. The summed E-state index contributed by atoms with van der Waals surface area (Å²) in [6, 6.07) is 21.7. The van der Waals surface area contributed by atoms with Crippen LogP contribution in [0.3, 0.4) is 0 Å². The summed E-state index contributed by atoms with van der Waals surface area (Å²) in [5.74, 6) is -0.794. The Morgan fingerprint density at radius 1 is 0.781 bits per heavy atom. The van der Waals surface area contributed by atoms with E-state index in [-0.39, 0.29) is 17.4 Å². The zero-order valence-electron chi connectivity index (χ0n) is 18.3. The number of hydrogen-bond donors (Lipinski definition) is 2. The highest BCUT2D eigenvalue weighted by atomic mass is 16.2. The third kappa shape index (κ3) is 4.12. The molecule has 0 unspecified atom stereocenters. The summed E-state index contributed by atoms with van der Waals surface area (Å²) in [7, 11) is 0. The Labute approximate surface area is 185 Å². The van der Waals surface area contributed by atoms with Gasteiger partial charge < -0.3 is 4.57 Å². The van der Waals surface area contributed by atoms with Crippen LogP contribution in [0, 0.1) is 0 Å². The number of aromatic nitrogens is 1. The number of nitrogens with one attached hydrogen (secondary N) is 2. The zero-order chi connectivity index (χ0) is 22.9. The number of pyridine rings is 1. The fraction of sp³-hybridized carbons (Fsp3) is 0.192. The molecule has 6 nitrogen and oxygen atoms in total. The number of hydrogen-bond acceptors (Lipinski definition) is 3. The molecule has 6 heteroatoms. The van der Waals surface area contributed by atoms with Crippen molar-refractivity contribution in [3.8, 4) is 0 Å². The maximum absolute atomic E-state index is 12.8. The standard InChI is InChI=1S/C26H25N3O3/c1-26(2,3)18-14-12-17(13-15-18)25(32)28-27-23(30)16-29-21-10-6-4-8-19(21)24(31)20-9-5-7-11-22(20)29/h4-15H,16H2,1-3H3,(H,27,30)(H,28,32). The lowest BCUT2D eigenvalue weighted by atomic mass is 9.87. The Hall–Kier alpha value is -3.93. The lowest BCUT2D eigenvalue weighted by molar-refractivity contribution is -0.122. The monoisotopic (exact) mass is 427 g/mol. The maximum Gasteiger partial charge on any atom is 0.269 e. The van der Waals surface area contributed by atoms with E-state index in [0.29, 0.717) is 27.4 Å². The van der Waals surface area contributed by atoms with Gasteiger partial charge in [-0.2, -0.15) is 0 Å². The quantitative estimate of drug-likeness (QED) is 0.384. The summed E-state index contributed by atoms with van der Waals surface area (Å²) < 4.78 is 1.78. The van der Waals surface area contributed by atoms with Crippen molar-refractivity contribution in [3.63, 3.8) is 0 Å². The maximum atomic E-state index is 12.8. The minimum atomic E-state index is -0.399. The van der Waals surface area contributed by atoms with E-state index in [9.17, 15) is 14.4 Å². The van der Waals surface area contributed by atoms with Crippen LogP contribution in [0.4, 0.5) is 0 Å². The molecule has 32 heavy (non-hydrogen) atoms. The number of rotatable bonds is 3. The summed E-state index contributed by atoms with van der Waals surface area (Å²) in [6.45, 7) is 6.26. The van der Waals surface area contributed by atoms with Gasteiger partial charge in [-0.15, -0.1) is 0 Å². The van der Waals surface area contributed by atoms with Crippen LogP contribution in [0.5, 0.6) is 0 Å². The molecular weight excluding hydrogens is 402 g/mol. The number of para-hydroxylation sites is 2. The molecule has 1 heterocycles. The Morgan fingerprint density at radius 3 is 1.84 bits per heavy atom. The second-order valence-corrected chi connectivity index (χ2v) is 8.78. The van der Waals surface area contributed by atoms with Gasteiger partial charge in [-0.3, -0.25) is 25.2 Å². The second kappa shape index (κ2) is 8.30. The van der Waals surface area contributed by atoms with Crippen molar-refractivity contribution in [1.29, 1.82) is 0 Å². The van der Waals surface area contributed by atoms with Crippen LogP contribution >= 0.6 is 0 Å². The first-order chi connectivity index (χ1) is 15.3. The van der Waals surface area contributed by atoms with Crippen LogP contribution in [0.1, 0.15) is 36.7 Å². The van der Waals surface area contributed by atoms with E-state index >= 15 is 0 Å². The Balaban J connectivity index is 1.54. The van der Waals surface area contributed by atoms with Gasteiger partial charge in [0.2, 0.25) is 0 Å². The normalized spacial score (nSPS) is 11.5. The van der Waals surface area contributed by atoms with Gasteiger partial charge in [0.05, 0.1) is 11.0 Å². The third-order valence-corrected chi connectivity index (χ3v) is 5.51. The highest BCUT2D eigenvalue weighted by Gasteiger charge is 2.16. The van der Waals surface area contributed by atoms with E-state index in [1.807, 2.05) is 36.4 Å². The molecule has 0 aliphatic carbocycles.